The Balaban J connectivity index is 1.86. The van der Waals surface area contributed by atoms with Crippen molar-refractivity contribution < 1.29 is 0 Å². The molecule has 0 unspecified atom stereocenters. The first-order chi connectivity index (χ1) is 10.1. The van der Waals surface area contributed by atoms with Crippen LogP contribution in [0.15, 0.2) is 34.8 Å². The van der Waals surface area contributed by atoms with Crippen molar-refractivity contribution in [1.82, 2.24) is 14.8 Å². The van der Waals surface area contributed by atoms with E-state index in [1.165, 1.54) is 4.88 Å². The first-order valence-corrected chi connectivity index (χ1v) is 8.11. The molecular weight excluding hydrogens is 304 g/mol. The number of rotatable bonds is 5. The van der Waals surface area contributed by atoms with Gasteiger partial charge in [-0.3, -0.25) is 4.99 Å². The number of aromatic nitrogens is 1. The van der Waals surface area contributed by atoms with E-state index in [1.54, 1.807) is 11.3 Å². The van der Waals surface area contributed by atoms with Gasteiger partial charge in [-0.05, 0) is 23.9 Å². The van der Waals surface area contributed by atoms with Crippen molar-refractivity contribution in [3.63, 3.8) is 0 Å². The fourth-order valence-electron chi connectivity index (χ4n) is 2.18. The van der Waals surface area contributed by atoms with Gasteiger partial charge in [0.05, 0.1) is 11.6 Å². The quantitative estimate of drug-likeness (QED) is 0.677. The third-order valence-electron chi connectivity index (χ3n) is 3.28. The van der Waals surface area contributed by atoms with Crippen LogP contribution >= 0.6 is 22.9 Å². The molecule has 0 aliphatic rings. The summed E-state index contributed by atoms with van der Waals surface area (Å²) in [5.41, 5.74) is 1.16. The van der Waals surface area contributed by atoms with Gasteiger partial charge in [0.15, 0.2) is 5.96 Å². The number of aliphatic imine (C=N–C) groups is 1. The highest BCUT2D eigenvalue weighted by Crippen LogP contribution is 2.14. The Morgan fingerprint density at radius 2 is 2.33 bits per heavy atom. The van der Waals surface area contributed by atoms with Crippen molar-refractivity contribution in [3.05, 3.63) is 45.4 Å². The van der Waals surface area contributed by atoms with Gasteiger partial charge >= 0.3 is 0 Å². The summed E-state index contributed by atoms with van der Waals surface area (Å²) in [6.07, 6.45) is 2.93. The first-order valence-electron chi connectivity index (χ1n) is 6.85. The summed E-state index contributed by atoms with van der Waals surface area (Å²) in [6, 6.07) is 6.22. The van der Waals surface area contributed by atoms with Gasteiger partial charge in [0.1, 0.15) is 0 Å². The lowest BCUT2D eigenvalue weighted by Crippen LogP contribution is -2.39. The molecule has 0 saturated carbocycles. The van der Waals surface area contributed by atoms with Crippen LogP contribution in [0.2, 0.25) is 5.02 Å². The Hall–Kier alpha value is -1.46. The Morgan fingerprint density at radius 3 is 2.90 bits per heavy atom. The largest absolute Gasteiger partial charge is 0.356 e. The average molecular weight is 325 g/mol. The van der Waals surface area contributed by atoms with Gasteiger partial charge in [-0.1, -0.05) is 17.7 Å². The molecule has 0 fully saturated rings. The first kappa shape index (κ1) is 15.9. The number of guanidine groups is 1. The lowest BCUT2D eigenvalue weighted by molar-refractivity contribution is 0.462. The molecule has 2 aromatic heterocycles. The number of nitrogens with zero attached hydrogens (tertiary/aromatic N) is 3. The van der Waals surface area contributed by atoms with Crippen LogP contribution in [0.3, 0.4) is 0 Å². The topological polar surface area (TPSA) is 32.6 Å². The molecule has 2 aromatic rings. The molecule has 0 atom stereocenters. The Kier molecular flexibility index (Phi) is 5.70. The van der Waals surface area contributed by atoms with E-state index in [4.69, 9.17) is 11.6 Å². The zero-order valence-corrected chi connectivity index (χ0v) is 14.2. The van der Waals surface area contributed by atoms with Crippen LogP contribution in [0.25, 0.3) is 0 Å². The summed E-state index contributed by atoms with van der Waals surface area (Å²) in [7, 11) is 5.84. The summed E-state index contributed by atoms with van der Waals surface area (Å²) >= 11 is 7.81. The molecule has 114 valence electrons. The molecule has 0 amide bonds. The number of thiophene rings is 1. The highest BCUT2D eigenvalue weighted by Gasteiger charge is 2.09. The molecule has 0 saturated heterocycles. The SMILES string of the molecule is CN=C(NCCc1cccs1)N(C)Cc1cc(Cl)cn1C. The highest BCUT2D eigenvalue weighted by molar-refractivity contribution is 7.09. The molecule has 0 aliphatic carbocycles. The van der Waals surface area contributed by atoms with E-state index in [2.05, 4.69) is 32.7 Å². The summed E-state index contributed by atoms with van der Waals surface area (Å²) in [5.74, 6) is 0.892. The van der Waals surface area contributed by atoms with Crippen molar-refractivity contribution in [2.45, 2.75) is 13.0 Å². The maximum absolute atomic E-state index is 6.02. The van der Waals surface area contributed by atoms with E-state index < -0.39 is 0 Å². The van der Waals surface area contributed by atoms with Crippen LogP contribution in [0.5, 0.6) is 0 Å². The molecule has 0 radical (unpaired) electrons. The maximum atomic E-state index is 6.02. The predicted molar refractivity (Wildman–Crippen MR) is 91.3 cm³/mol. The molecule has 2 heterocycles. The second-order valence-corrected chi connectivity index (χ2v) is 6.39. The average Bonchev–Trinajstić information content (AvgIpc) is 3.05. The smallest absolute Gasteiger partial charge is 0.193 e. The van der Waals surface area contributed by atoms with E-state index >= 15 is 0 Å². The van der Waals surface area contributed by atoms with Crippen LogP contribution in [0, 0.1) is 0 Å². The van der Waals surface area contributed by atoms with Gasteiger partial charge in [-0.25, -0.2) is 0 Å². The highest BCUT2D eigenvalue weighted by atomic mass is 35.5. The summed E-state index contributed by atoms with van der Waals surface area (Å²) < 4.78 is 2.04. The molecule has 4 nitrogen and oxygen atoms in total. The Labute approximate surface area is 135 Å². The summed E-state index contributed by atoms with van der Waals surface area (Å²) in [5, 5.41) is 6.27. The molecule has 2 rings (SSSR count). The third kappa shape index (κ3) is 4.51. The van der Waals surface area contributed by atoms with Crippen molar-refractivity contribution in [3.8, 4) is 0 Å². The minimum atomic E-state index is 0.765. The van der Waals surface area contributed by atoms with Crippen LogP contribution in [0.4, 0.5) is 0 Å². The van der Waals surface area contributed by atoms with Crippen LogP contribution < -0.4 is 5.32 Å². The fourth-order valence-corrected chi connectivity index (χ4v) is 3.16. The van der Waals surface area contributed by atoms with Crippen LogP contribution in [-0.4, -0.2) is 36.1 Å². The lowest BCUT2D eigenvalue weighted by atomic mass is 10.3. The number of hydrogen-bond acceptors (Lipinski definition) is 2. The molecule has 6 heteroatoms. The third-order valence-corrected chi connectivity index (χ3v) is 4.42. The van der Waals surface area contributed by atoms with Gasteiger partial charge in [-0.2, -0.15) is 0 Å². The Bertz CT molecular complexity index is 589. The van der Waals surface area contributed by atoms with Crippen LogP contribution in [0.1, 0.15) is 10.6 Å². The molecule has 0 aromatic carbocycles. The van der Waals surface area contributed by atoms with Crippen molar-refractivity contribution in [1.29, 1.82) is 0 Å². The molecule has 0 aliphatic heterocycles. The maximum Gasteiger partial charge on any atom is 0.193 e. The molecule has 21 heavy (non-hydrogen) atoms. The molecule has 0 spiro atoms. The second-order valence-electron chi connectivity index (χ2n) is 4.92. The number of hydrogen-bond donors (Lipinski definition) is 1. The van der Waals surface area contributed by atoms with Crippen molar-refractivity contribution in [2.24, 2.45) is 12.0 Å². The Morgan fingerprint density at radius 1 is 1.52 bits per heavy atom. The lowest BCUT2D eigenvalue weighted by Gasteiger charge is -2.22. The monoisotopic (exact) mass is 324 g/mol. The summed E-state index contributed by atoms with van der Waals surface area (Å²) in [4.78, 5) is 7.81. The number of halogens is 1. The molecule has 1 N–H and O–H groups in total. The van der Waals surface area contributed by atoms with Crippen LogP contribution in [-0.2, 0) is 20.0 Å². The standard InChI is InChI=1S/C15H21ClN4S/c1-17-15(18-7-6-14-5-4-8-21-14)20(3)11-13-9-12(16)10-19(13)2/h4-5,8-10H,6-7,11H2,1-3H3,(H,17,18). The second kappa shape index (κ2) is 7.52. The zero-order valence-electron chi connectivity index (χ0n) is 12.6. The van der Waals surface area contributed by atoms with E-state index in [0.29, 0.717) is 0 Å². The number of nitrogens with one attached hydrogen (secondary N) is 1. The van der Waals surface area contributed by atoms with Gasteiger partial charge in [-0.15, -0.1) is 11.3 Å². The van der Waals surface area contributed by atoms with Crippen molar-refractivity contribution >= 4 is 28.9 Å². The molecule has 0 bridgehead atoms. The van der Waals surface area contributed by atoms with Gasteiger partial charge < -0.3 is 14.8 Å². The summed E-state index contributed by atoms with van der Waals surface area (Å²) in [6.45, 7) is 1.65. The van der Waals surface area contributed by atoms with Gasteiger partial charge in [0, 0.05) is 44.5 Å². The van der Waals surface area contributed by atoms with E-state index in [1.807, 2.05) is 38.0 Å². The minimum absolute atomic E-state index is 0.765. The van der Waals surface area contributed by atoms with Crippen molar-refractivity contribution in [2.75, 3.05) is 20.6 Å². The zero-order chi connectivity index (χ0) is 15.2. The molecular formula is C15H21ClN4S. The minimum Gasteiger partial charge on any atom is -0.356 e. The van der Waals surface area contributed by atoms with Gasteiger partial charge in [0.25, 0.3) is 0 Å². The van der Waals surface area contributed by atoms with Gasteiger partial charge in [0.2, 0.25) is 0 Å². The predicted octanol–water partition coefficient (Wildman–Crippen LogP) is 2.99. The normalized spacial score (nSPS) is 11.7. The van der Waals surface area contributed by atoms with E-state index in [0.717, 1.165) is 36.2 Å². The van der Waals surface area contributed by atoms with E-state index in [-0.39, 0.29) is 0 Å². The van der Waals surface area contributed by atoms with E-state index in [9.17, 15) is 0 Å². The fraction of sp³-hybridized carbons (Fsp3) is 0.400. The number of aryl methyl sites for hydroxylation is 1.